The van der Waals surface area contributed by atoms with Crippen LogP contribution in [0.4, 0.5) is 0 Å². The standard InChI is InChI=1S/C14H25N3/c1-3-7-17-8-6-16-14(17)11-15-10-13-5-4-12(2)9-13/h6,8,12-13,15H,3-5,7,9-11H2,1-2H3. The first-order valence-corrected chi connectivity index (χ1v) is 7.00. The molecule has 3 heteroatoms. The number of nitrogens with zero attached hydrogens (tertiary/aromatic N) is 2. The molecular weight excluding hydrogens is 210 g/mol. The van der Waals surface area contributed by atoms with Crippen LogP contribution in [0.5, 0.6) is 0 Å². The van der Waals surface area contributed by atoms with Crippen LogP contribution in [0.15, 0.2) is 12.4 Å². The van der Waals surface area contributed by atoms with E-state index < -0.39 is 0 Å². The zero-order valence-corrected chi connectivity index (χ0v) is 11.2. The Morgan fingerprint density at radius 3 is 3.06 bits per heavy atom. The quantitative estimate of drug-likeness (QED) is 0.821. The highest BCUT2D eigenvalue weighted by Gasteiger charge is 2.20. The molecule has 3 nitrogen and oxygen atoms in total. The minimum absolute atomic E-state index is 0.889. The molecule has 1 N–H and O–H groups in total. The highest BCUT2D eigenvalue weighted by atomic mass is 15.1. The first-order chi connectivity index (χ1) is 8.29. The van der Waals surface area contributed by atoms with Crippen LogP contribution in [0.1, 0.15) is 45.4 Å². The van der Waals surface area contributed by atoms with Crippen molar-refractivity contribution >= 4 is 0 Å². The van der Waals surface area contributed by atoms with E-state index in [1.807, 2.05) is 6.20 Å². The molecule has 1 heterocycles. The summed E-state index contributed by atoms with van der Waals surface area (Å²) in [6, 6.07) is 0. The van der Waals surface area contributed by atoms with Crippen LogP contribution < -0.4 is 5.32 Å². The smallest absolute Gasteiger partial charge is 0.122 e. The second-order valence-electron chi connectivity index (χ2n) is 5.45. The van der Waals surface area contributed by atoms with Gasteiger partial charge in [-0.3, -0.25) is 0 Å². The van der Waals surface area contributed by atoms with Crippen molar-refractivity contribution in [2.24, 2.45) is 11.8 Å². The lowest BCUT2D eigenvalue weighted by atomic mass is 10.1. The van der Waals surface area contributed by atoms with Crippen molar-refractivity contribution in [2.45, 2.75) is 52.6 Å². The van der Waals surface area contributed by atoms with Crippen LogP contribution in [-0.2, 0) is 13.1 Å². The third-order valence-corrected chi connectivity index (χ3v) is 3.79. The van der Waals surface area contributed by atoms with Gasteiger partial charge in [0.25, 0.3) is 0 Å². The highest BCUT2D eigenvalue weighted by molar-refractivity contribution is 4.92. The Labute approximate surface area is 105 Å². The summed E-state index contributed by atoms with van der Waals surface area (Å²) < 4.78 is 2.25. The van der Waals surface area contributed by atoms with Gasteiger partial charge in [0.05, 0.1) is 6.54 Å². The zero-order valence-electron chi connectivity index (χ0n) is 11.2. The van der Waals surface area contributed by atoms with Gasteiger partial charge in [0.15, 0.2) is 0 Å². The van der Waals surface area contributed by atoms with E-state index >= 15 is 0 Å². The van der Waals surface area contributed by atoms with Crippen LogP contribution in [0.3, 0.4) is 0 Å². The summed E-state index contributed by atoms with van der Waals surface area (Å²) in [4.78, 5) is 4.41. The molecule has 1 aromatic rings. The number of aryl methyl sites for hydroxylation is 1. The lowest BCUT2D eigenvalue weighted by Crippen LogP contribution is -2.23. The molecule has 2 unspecified atom stereocenters. The number of nitrogens with one attached hydrogen (secondary N) is 1. The number of rotatable bonds is 6. The molecule has 1 aliphatic carbocycles. The maximum absolute atomic E-state index is 4.41. The molecule has 0 radical (unpaired) electrons. The summed E-state index contributed by atoms with van der Waals surface area (Å²) in [5.74, 6) is 3.00. The molecular formula is C14H25N3. The normalized spacial score (nSPS) is 24.4. The van der Waals surface area contributed by atoms with Gasteiger partial charge in [-0.15, -0.1) is 0 Å². The van der Waals surface area contributed by atoms with E-state index in [1.54, 1.807) is 0 Å². The second kappa shape index (κ2) is 6.20. The molecule has 1 aliphatic rings. The lowest BCUT2D eigenvalue weighted by Gasteiger charge is -2.11. The molecule has 1 fully saturated rings. The molecule has 0 spiro atoms. The van der Waals surface area contributed by atoms with E-state index in [1.165, 1.54) is 31.5 Å². The van der Waals surface area contributed by atoms with E-state index in [9.17, 15) is 0 Å². The second-order valence-corrected chi connectivity index (χ2v) is 5.45. The molecule has 2 atom stereocenters. The van der Waals surface area contributed by atoms with Crippen LogP contribution in [0, 0.1) is 11.8 Å². The Hall–Kier alpha value is -0.830. The van der Waals surface area contributed by atoms with Gasteiger partial charge in [-0.2, -0.15) is 0 Å². The van der Waals surface area contributed by atoms with Gasteiger partial charge < -0.3 is 9.88 Å². The Bertz CT molecular complexity index is 332. The summed E-state index contributed by atoms with van der Waals surface area (Å²) in [7, 11) is 0. The molecule has 1 aromatic heterocycles. The largest absolute Gasteiger partial charge is 0.334 e. The van der Waals surface area contributed by atoms with Crippen LogP contribution in [0.25, 0.3) is 0 Å². The van der Waals surface area contributed by atoms with Gasteiger partial charge in [0.1, 0.15) is 5.82 Å². The van der Waals surface area contributed by atoms with Crippen molar-refractivity contribution in [1.29, 1.82) is 0 Å². The zero-order chi connectivity index (χ0) is 12.1. The van der Waals surface area contributed by atoms with Gasteiger partial charge in [-0.25, -0.2) is 4.98 Å². The predicted molar refractivity (Wildman–Crippen MR) is 70.7 cm³/mol. The third kappa shape index (κ3) is 3.56. The van der Waals surface area contributed by atoms with Gasteiger partial charge in [0, 0.05) is 18.9 Å². The van der Waals surface area contributed by atoms with Crippen molar-refractivity contribution in [3.63, 3.8) is 0 Å². The van der Waals surface area contributed by atoms with E-state index in [-0.39, 0.29) is 0 Å². The fraction of sp³-hybridized carbons (Fsp3) is 0.786. The molecule has 0 saturated heterocycles. The summed E-state index contributed by atoms with van der Waals surface area (Å²) in [5.41, 5.74) is 0. The van der Waals surface area contributed by atoms with Gasteiger partial charge in [0.2, 0.25) is 0 Å². The van der Waals surface area contributed by atoms with Crippen molar-refractivity contribution in [3.8, 4) is 0 Å². The first kappa shape index (κ1) is 12.6. The van der Waals surface area contributed by atoms with E-state index in [4.69, 9.17) is 0 Å². The molecule has 17 heavy (non-hydrogen) atoms. The fourth-order valence-corrected chi connectivity index (χ4v) is 2.85. The Kier molecular flexibility index (Phi) is 4.60. The average molecular weight is 235 g/mol. The predicted octanol–water partition coefficient (Wildman–Crippen LogP) is 2.82. The summed E-state index contributed by atoms with van der Waals surface area (Å²) >= 11 is 0. The van der Waals surface area contributed by atoms with Crippen molar-refractivity contribution in [3.05, 3.63) is 18.2 Å². The van der Waals surface area contributed by atoms with Gasteiger partial charge in [-0.05, 0) is 37.6 Å². The van der Waals surface area contributed by atoms with E-state index in [2.05, 4.69) is 34.9 Å². The lowest BCUT2D eigenvalue weighted by molar-refractivity contribution is 0.461. The number of hydrogen-bond donors (Lipinski definition) is 1. The SMILES string of the molecule is CCCn1ccnc1CNCC1CCC(C)C1. The van der Waals surface area contributed by atoms with Crippen molar-refractivity contribution in [1.82, 2.24) is 14.9 Å². The van der Waals surface area contributed by atoms with Crippen LogP contribution in [0.2, 0.25) is 0 Å². The maximum atomic E-state index is 4.41. The van der Waals surface area contributed by atoms with Crippen LogP contribution >= 0.6 is 0 Å². The molecule has 1 saturated carbocycles. The van der Waals surface area contributed by atoms with E-state index in [0.29, 0.717) is 0 Å². The van der Waals surface area contributed by atoms with Crippen molar-refractivity contribution < 1.29 is 0 Å². The third-order valence-electron chi connectivity index (χ3n) is 3.79. The summed E-state index contributed by atoms with van der Waals surface area (Å²) in [5, 5.41) is 3.57. The monoisotopic (exact) mass is 235 g/mol. The number of imidazole rings is 1. The maximum Gasteiger partial charge on any atom is 0.122 e. The molecule has 0 bridgehead atoms. The molecule has 0 aromatic carbocycles. The number of hydrogen-bond acceptors (Lipinski definition) is 2. The molecule has 2 rings (SSSR count). The Morgan fingerprint density at radius 1 is 1.47 bits per heavy atom. The van der Waals surface area contributed by atoms with E-state index in [0.717, 1.165) is 31.5 Å². The van der Waals surface area contributed by atoms with Gasteiger partial charge >= 0.3 is 0 Å². The highest BCUT2D eigenvalue weighted by Crippen LogP contribution is 2.29. The molecule has 0 amide bonds. The van der Waals surface area contributed by atoms with Gasteiger partial charge in [-0.1, -0.05) is 20.3 Å². The topological polar surface area (TPSA) is 29.9 Å². The summed E-state index contributed by atoms with van der Waals surface area (Å²) in [6.07, 6.45) is 9.37. The minimum atomic E-state index is 0.889. The Balaban J connectivity index is 1.72. The molecule has 0 aliphatic heterocycles. The number of aromatic nitrogens is 2. The molecule has 96 valence electrons. The average Bonchev–Trinajstić information content (AvgIpc) is 2.90. The first-order valence-electron chi connectivity index (χ1n) is 7.00. The van der Waals surface area contributed by atoms with Crippen LogP contribution in [-0.4, -0.2) is 16.1 Å². The fourth-order valence-electron chi connectivity index (χ4n) is 2.85. The minimum Gasteiger partial charge on any atom is -0.334 e. The summed E-state index contributed by atoms with van der Waals surface area (Å²) in [6.45, 7) is 7.73. The Morgan fingerprint density at radius 2 is 2.35 bits per heavy atom. The van der Waals surface area contributed by atoms with Crippen molar-refractivity contribution in [2.75, 3.05) is 6.54 Å².